The van der Waals surface area contributed by atoms with Crippen molar-refractivity contribution in [3.05, 3.63) is 79.0 Å². The minimum absolute atomic E-state index is 0.710. The summed E-state index contributed by atoms with van der Waals surface area (Å²) in [6, 6.07) is 25.1. The number of quaternary nitrogens is 1. The third-order valence-electron chi connectivity index (χ3n) is 3.85. The van der Waals surface area contributed by atoms with Crippen LogP contribution in [0.4, 0.5) is 11.4 Å². The topological polar surface area (TPSA) is 12.9 Å². The SMILES string of the molecule is C[N+](C)(c1ccccc1)c1cccc(-c2ccccn2)c1. The molecule has 1 aromatic heterocycles. The first-order chi connectivity index (χ1) is 10.2. The predicted molar refractivity (Wildman–Crippen MR) is 89.4 cm³/mol. The van der Waals surface area contributed by atoms with Gasteiger partial charge in [0, 0.05) is 17.8 Å². The highest BCUT2D eigenvalue weighted by atomic mass is 15.3. The molecule has 0 aliphatic heterocycles. The number of rotatable bonds is 3. The van der Waals surface area contributed by atoms with Crippen LogP contribution in [0.1, 0.15) is 0 Å². The highest BCUT2D eigenvalue weighted by molar-refractivity contribution is 5.67. The first-order valence-electron chi connectivity index (χ1n) is 7.09. The van der Waals surface area contributed by atoms with Crippen LogP contribution in [0, 0.1) is 0 Å². The van der Waals surface area contributed by atoms with Crippen molar-refractivity contribution < 1.29 is 0 Å². The van der Waals surface area contributed by atoms with Crippen LogP contribution in [-0.4, -0.2) is 19.1 Å². The minimum Gasteiger partial charge on any atom is -0.264 e. The zero-order chi connectivity index (χ0) is 14.7. The lowest BCUT2D eigenvalue weighted by Gasteiger charge is -2.29. The summed E-state index contributed by atoms with van der Waals surface area (Å²) < 4.78 is 0.710. The van der Waals surface area contributed by atoms with E-state index >= 15 is 0 Å². The van der Waals surface area contributed by atoms with Crippen LogP contribution >= 0.6 is 0 Å². The summed E-state index contributed by atoms with van der Waals surface area (Å²) in [4.78, 5) is 4.44. The van der Waals surface area contributed by atoms with E-state index in [-0.39, 0.29) is 0 Å². The van der Waals surface area contributed by atoms with Gasteiger partial charge in [-0.3, -0.25) is 9.47 Å². The fraction of sp³-hybridized carbons (Fsp3) is 0.105. The highest BCUT2D eigenvalue weighted by Crippen LogP contribution is 2.32. The maximum absolute atomic E-state index is 4.44. The molecule has 0 atom stereocenters. The summed E-state index contributed by atoms with van der Waals surface area (Å²) in [7, 11) is 4.40. The Bertz CT molecular complexity index is 719. The van der Waals surface area contributed by atoms with Crippen LogP contribution in [-0.2, 0) is 0 Å². The molecule has 2 nitrogen and oxygen atoms in total. The Morgan fingerprint density at radius 3 is 2.14 bits per heavy atom. The second kappa shape index (κ2) is 5.51. The molecular formula is C19H19N2+. The molecule has 0 unspecified atom stereocenters. The van der Waals surface area contributed by atoms with E-state index in [0.29, 0.717) is 4.48 Å². The van der Waals surface area contributed by atoms with Gasteiger partial charge in [0.1, 0.15) is 11.4 Å². The van der Waals surface area contributed by atoms with Gasteiger partial charge in [0.05, 0.1) is 19.8 Å². The van der Waals surface area contributed by atoms with Crippen molar-refractivity contribution in [3.8, 4) is 11.3 Å². The lowest BCUT2D eigenvalue weighted by atomic mass is 10.1. The van der Waals surface area contributed by atoms with Crippen molar-refractivity contribution in [2.24, 2.45) is 0 Å². The van der Waals surface area contributed by atoms with Gasteiger partial charge < -0.3 is 0 Å². The summed E-state index contributed by atoms with van der Waals surface area (Å²) >= 11 is 0. The Morgan fingerprint density at radius 1 is 0.714 bits per heavy atom. The molecule has 104 valence electrons. The molecule has 2 heteroatoms. The van der Waals surface area contributed by atoms with Crippen LogP contribution in [0.25, 0.3) is 11.3 Å². The minimum atomic E-state index is 0.710. The van der Waals surface area contributed by atoms with E-state index in [4.69, 9.17) is 0 Å². The third-order valence-corrected chi connectivity index (χ3v) is 3.85. The molecule has 0 fully saturated rings. The molecule has 0 aliphatic carbocycles. The molecule has 1 heterocycles. The van der Waals surface area contributed by atoms with E-state index in [1.807, 2.05) is 30.5 Å². The van der Waals surface area contributed by atoms with Gasteiger partial charge in [0.25, 0.3) is 0 Å². The molecule has 0 N–H and O–H groups in total. The van der Waals surface area contributed by atoms with Gasteiger partial charge in [-0.15, -0.1) is 0 Å². The molecule has 3 aromatic rings. The summed E-state index contributed by atoms with van der Waals surface area (Å²) in [5.41, 5.74) is 4.66. The summed E-state index contributed by atoms with van der Waals surface area (Å²) in [6.07, 6.45) is 1.83. The van der Waals surface area contributed by atoms with Gasteiger partial charge in [-0.25, -0.2) is 0 Å². The standard InChI is InChI=1S/C19H19N2/c1-21(2,17-10-4-3-5-11-17)18-12-8-9-16(15-18)19-13-6-7-14-20-19/h3-15H,1-2H3/q+1. The van der Waals surface area contributed by atoms with Crippen molar-refractivity contribution in [1.82, 2.24) is 9.47 Å². The summed E-state index contributed by atoms with van der Waals surface area (Å²) in [6.45, 7) is 0. The monoisotopic (exact) mass is 275 g/mol. The Balaban J connectivity index is 2.04. The van der Waals surface area contributed by atoms with Crippen LogP contribution in [0.2, 0.25) is 0 Å². The number of benzene rings is 2. The van der Waals surface area contributed by atoms with Gasteiger partial charge in [0.15, 0.2) is 0 Å². The summed E-state index contributed by atoms with van der Waals surface area (Å²) in [5, 5.41) is 0. The van der Waals surface area contributed by atoms with Crippen molar-refractivity contribution in [1.29, 1.82) is 0 Å². The molecule has 0 bridgehead atoms. The Morgan fingerprint density at radius 2 is 1.43 bits per heavy atom. The maximum atomic E-state index is 4.44. The number of hydrogen-bond acceptors (Lipinski definition) is 1. The molecule has 2 aromatic carbocycles. The third kappa shape index (κ3) is 2.71. The fourth-order valence-corrected chi connectivity index (χ4v) is 2.50. The van der Waals surface area contributed by atoms with Gasteiger partial charge in [0.2, 0.25) is 0 Å². The largest absolute Gasteiger partial charge is 0.264 e. The summed E-state index contributed by atoms with van der Waals surface area (Å²) in [5.74, 6) is 0. The first-order valence-corrected chi connectivity index (χ1v) is 7.09. The lowest BCUT2D eigenvalue weighted by Crippen LogP contribution is -2.34. The number of hydrogen-bond donors (Lipinski definition) is 0. The Hall–Kier alpha value is -2.45. The molecule has 0 radical (unpaired) electrons. The molecule has 21 heavy (non-hydrogen) atoms. The van der Waals surface area contributed by atoms with Crippen LogP contribution in [0.5, 0.6) is 0 Å². The predicted octanol–water partition coefficient (Wildman–Crippen LogP) is 4.65. The molecule has 0 saturated heterocycles. The quantitative estimate of drug-likeness (QED) is 0.634. The van der Waals surface area contributed by atoms with E-state index in [0.717, 1.165) is 11.3 Å². The molecule has 0 spiro atoms. The second-order valence-electron chi connectivity index (χ2n) is 5.55. The second-order valence-corrected chi connectivity index (χ2v) is 5.55. The van der Waals surface area contributed by atoms with E-state index in [1.165, 1.54) is 11.4 Å². The first kappa shape index (κ1) is 13.5. The van der Waals surface area contributed by atoms with E-state index in [1.54, 1.807) is 0 Å². The fourth-order valence-electron chi connectivity index (χ4n) is 2.50. The van der Waals surface area contributed by atoms with Gasteiger partial charge in [-0.05, 0) is 30.3 Å². The molecule has 0 amide bonds. The average Bonchev–Trinajstić information content (AvgIpc) is 2.57. The van der Waals surface area contributed by atoms with E-state index < -0.39 is 0 Å². The highest BCUT2D eigenvalue weighted by Gasteiger charge is 2.22. The Kier molecular flexibility index (Phi) is 3.55. The normalized spacial score (nSPS) is 11.3. The molecule has 0 aliphatic rings. The zero-order valence-corrected chi connectivity index (χ0v) is 12.4. The number of para-hydroxylation sites is 1. The number of nitrogens with zero attached hydrogens (tertiary/aromatic N) is 2. The van der Waals surface area contributed by atoms with Gasteiger partial charge in [-0.1, -0.05) is 36.4 Å². The zero-order valence-electron chi connectivity index (χ0n) is 12.4. The van der Waals surface area contributed by atoms with E-state index in [2.05, 4.69) is 67.6 Å². The van der Waals surface area contributed by atoms with Crippen LogP contribution in [0.3, 0.4) is 0 Å². The molecular weight excluding hydrogens is 256 g/mol. The average molecular weight is 275 g/mol. The Labute approximate surface area is 125 Å². The van der Waals surface area contributed by atoms with Crippen LogP contribution in [0.15, 0.2) is 79.0 Å². The van der Waals surface area contributed by atoms with Crippen LogP contribution < -0.4 is 4.48 Å². The smallest absolute Gasteiger partial charge is 0.138 e. The van der Waals surface area contributed by atoms with Gasteiger partial charge >= 0.3 is 0 Å². The van der Waals surface area contributed by atoms with Crippen molar-refractivity contribution in [3.63, 3.8) is 0 Å². The van der Waals surface area contributed by atoms with Crippen molar-refractivity contribution >= 4 is 11.4 Å². The maximum Gasteiger partial charge on any atom is 0.138 e. The lowest BCUT2D eigenvalue weighted by molar-refractivity contribution is 0.555. The molecule has 3 rings (SSSR count). The van der Waals surface area contributed by atoms with Crippen molar-refractivity contribution in [2.45, 2.75) is 0 Å². The van der Waals surface area contributed by atoms with E-state index in [9.17, 15) is 0 Å². The number of pyridine rings is 1. The number of aromatic nitrogens is 1. The van der Waals surface area contributed by atoms with Gasteiger partial charge in [-0.2, -0.15) is 0 Å². The van der Waals surface area contributed by atoms with Crippen molar-refractivity contribution in [2.75, 3.05) is 14.1 Å². The molecule has 0 saturated carbocycles.